The molecular weight excluding hydrogens is 376 g/mol. The molecule has 2 atom stereocenters. The highest BCUT2D eigenvalue weighted by molar-refractivity contribution is 7.99. The molecule has 0 spiro atoms. The van der Waals surface area contributed by atoms with Gasteiger partial charge in [0, 0.05) is 13.1 Å². The van der Waals surface area contributed by atoms with Crippen molar-refractivity contribution >= 4 is 17.7 Å². The van der Waals surface area contributed by atoms with Gasteiger partial charge in [-0.3, -0.25) is 4.79 Å². The monoisotopic (exact) mass is 404 g/mol. The summed E-state index contributed by atoms with van der Waals surface area (Å²) in [6, 6.07) is 7.77. The van der Waals surface area contributed by atoms with Crippen LogP contribution in [0.15, 0.2) is 29.4 Å². The molecule has 1 aliphatic carbocycles. The van der Waals surface area contributed by atoms with E-state index in [4.69, 9.17) is 9.47 Å². The van der Waals surface area contributed by atoms with E-state index in [0.717, 1.165) is 6.42 Å². The van der Waals surface area contributed by atoms with E-state index in [-0.39, 0.29) is 12.5 Å². The first kappa shape index (κ1) is 20.5. The lowest BCUT2D eigenvalue weighted by Crippen LogP contribution is -2.41. The number of aromatic nitrogens is 3. The van der Waals surface area contributed by atoms with E-state index in [1.54, 1.807) is 7.11 Å². The Hall–Kier alpha value is -2.22. The minimum absolute atomic E-state index is 0.0542. The standard InChI is InChI=1S/C20H28N4O3S/c1-14-8-4-5-9-15(14)21-19(25)13-28-20-23-22-18(24(20)2)12-27-17-11-7-6-10-16(17)26-3/h6-7,10-11,14-15H,4-5,8-9,12-13H2,1-3H3,(H,21,25)/t14-,15-/m0/s1. The maximum Gasteiger partial charge on any atom is 0.230 e. The number of rotatable bonds is 8. The van der Waals surface area contributed by atoms with Gasteiger partial charge in [-0.2, -0.15) is 0 Å². The molecule has 1 saturated carbocycles. The van der Waals surface area contributed by atoms with Crippen LogP contribution in [-0.4, -0.2) is 39.6 Å². The van der Waals surface area contributed by atoms with Gasteiger partial charge in [0.25, 0.3) is 0 Å². The molecule has 0 saturated heterocycles. The van der Waals surface area contributed by atoms with E-state index < -0.39 is 0 Å². The van der Waals surface area contributed by atoms with Gasteiger partial charge in [-0.25, -0.2) is 0 Å². The van der Waals surface area contributed by atoms with E-state index >= 15 is 0 Å². The molecule has 0 radical (unpaired) electrons. The average Bonchev–Trinajstić information content (AvgIpc) is 3.06. The predicted molar refractivity (Wildman–Crippen MR) is 109 cm³/mol. The van der Waals surface area contributed by atoms with Crippen molar-refractivity contribution in [2.24, 2.45) is 13.0 Å². The van der Waals surface area contributed by atoms with Gasteiger partial charge in [0.15, 0.2) is 22.5 Å². The smallest absolute Gasteiger partial charge is 0.230 e. The zero-order valence-corrected chi connectivity index (χ0v) is 17.5. The Labute approximate surface area is 170 Å². The Morgan fingerprint density at radius 2 is 2.00 bits per heavy atom. The highest BCUT2D eigenvalue weighted by Crippen LogP contribution is 2.27. The average molecular weight is 405 g/mol. The molecule has 3 rings (SSSR count). The molecular formula is C20H28N4O3S. The van der Waals surface area contributed by atoms with Crippen LogP contribution < -0.4 is 14.8 Å². The van der Waals surface area contributed by atoms with Crippen molar-refractivity contribution in [2.75, 3.05) is 12.9 Å². The number of methoxy groups -OCH3 is 1. The quantitative estimate of drug-likeness (QED) is 0.681. The molecule has 0 bridgehead atoms. The zero-order chi connectivity index (χ0) is 19.9. The second-order valence-corrected chi connectivity index (χ2v) is 8.06. The lowest BCUT2D eigenvalue weighted by Gasteiger charge is -2.29. The SMILES string of the molecule is COc1ccccc1OCc1nnc(SCC(=O)N[C@H]2CCCC[C@@H]2C)n1C. The summed E-state index contributed by atoms with van der Waals surface area (Å²) in [7, 11) is 3.49. The molecule has 0 aliphatic heterocycles. The summed E-state index contributed by atoms with van der Waals surface area (Å²) in [4.78, 5) is 12.3. The van der Waals surface area contributed by atoms with Gasteiger partial charge in [-0.05, 0) is 30.9 Å². The van der Waals surface area contributed by atoms with Crippen LogP contribution in [0.25, 0.3) is 0 Å². The normalized spacial score (nSPS) is 19.2. The summed E-state index contributed by atoms with van der Waals surface area (Å²) in [6.07, 6.45) is 4.73. The number of amides is 1. The Balaban J connectivity index is 1.51. The van der Waals surface area contributed by atoms with Crippen molar-refractivity contribution in [1.29, 1.82) is 0 Å². The summed E-state index contributed by atoms with van der Waals surface area (Å²) in [6.45, 7) is 2.49. The number of hydrogen-bond acceptors (Lipinski definition) is 6. The zero-order valence-electron chi connectivity index (χ0n) is 16.7. The van der Waals surface area contributed by atoms with Crippen molar-refractivity contribution in [2.45, 2.75) is 50.4 Å². The molecule has 152 valence electrons. The van der Waals surface area contributed by atoms with Crippen molar-refractivity contribution in [1.82, 2.24) is 20.1 Å². The van der Waals surface area contributed by atoms with Crippen LogP contribution in [0.2, 0.25) is 0 Å². The molecule has 28 heavy (non-hydrogen) atoms. The first-order valence-corrected chi connectivity index (χ1v) is 10.6. The number of hydrogen-bond donors (Lipinski definition) is 1. The van der Waals surface area contributed by atoms with Gasteiger partial charge in [0.1, 0.15) is 6.61 Å². The Morgan fingerprint density at radius 3 is 2.75 bits per heavy atom. The molecule has 1 amide bonds. The molecule has 1 aromatic heterocycles. The number of nitrogens with zero attached hydrogens (tertiary/aromatic N) is 3. The van der Waals surface area contributed by atoms with Crippen LogP contribution in [0.5, 0.6) is 11.5 Å². The summed E-state index contributed by atoms with van der Waals surface area (Å²) < 4.78 is 13.0. The predicted octanol–water partition coefficient (Wildman–Crippen LogP) is 3.19. The summed E-state index contributed by atoms with van der Waals surface area (Å²) in [5.41, 5.74) is 0. The van der Waals surface area contributed by atoms with Crippen molar-refractivity contribution in [3.8, 4) is 11.5 Å². The Morgan fingerprint density at radius 1 is 1.25 bits per heavy atom. The topological polar surface area (TPSA) is 78.3 Å². The second-order valence-electron chi connectivity index (χ2n) is 7.12. The van der Waals surface area contributed by atoms with E-state index in [9.17, 15) is 4.79 Å². The molecule has 8 heteroatoms. The lowest BCUT2D eigenvalue weighted by molar-refractivity contribution is -0.119. The second kappa shape index (κ2) is 9.82. The van der Waals surface area contributed by atoms with Gasteiger partial charge in [0.05, 0.1) is 12.9 Å². The van der Waals surface area contributed by atoms with Crippen molar-refractivity contribution in [3.63, 3.8) is 0 Å². The van der Waals surface area contributed by atoms with Gasteiger partial charge in [-0.15, -0.1) is 10.2 Å². The molecule has 0 unspecified atom stereocenters. The van der Waals surface area contributed by atoms with Gasteiger partial charge >= 0.3 is 0 Å². The molecule has 1 aliphatic rings. The molecule has 1 fully saturated rings. The highest BCUT2D eigenvalue weighted by Gasteiger charge is 2.23. The minimum atomic E-state index is 0.0542. The summed E-state index contributed by atoms with van der Waals surface area (Å²) in [5, 5.41) is 12.2. The third-order valence-corrected chi connectivity index (χ3v) is 6.16. The molecule has 7 nitrogen and oxygen atoms in total. The van der Waals surface area contributed by atoms with Crippen molar-refractivity contribution < 1.29 is 14.3 Å². The fourth-order valence-corrected chi connectivity index (χ4v) is 4.13. The molecule has 1 heterocycles. The molecule has 2 aromatic rings. The number of nitrogens with one attached hydrogen (secondary N) is 1. The number of benzene rings is 1. The van der Waals surface area contributed by atoms with E-state index in [0.29, 0.717) is 40.2 Å². The van der Waals surface area contributed by atoms with Gasteiger partial charge in [-0.1, -0.05) is 43.7 Å². The first-order chi connectivity index (χ1) is 13.6. The third kappa shape index (κ3) is 5.19. The van der Waals surface area contributed by atoms with Crippen LogP contribution in [0, 0.1) is 5.92 Å². The van der Waals surface area contributed by atoms with Crippen LogP contribution in [-0.2, 0) is 18.4 Å². The van der Waals surface area contributed by atoms with Gasteiger partial charge in [0.2, 0.25) is 5.91 Å². The number of ether oxygens (including phenoxy) is 2. The number of carbonyl (C=O) groups excluding carboxylic acids is 1. The highest BCUT2D eigenvalue weighted by atomic mass is 32.2. The van der Waals surface area contributed by atoms with Crippen LogP contribution in [0.1, 0.15) is 38.4 Å². The fourth-order valence-electron chi connectivity index (χ4n) is 3.39. The summed E-state index contributed by atoms with van der Waals surface area (Å²) in [5.74, 6) is 2.96. The third-order valence-electron chi connectivity index (χ3n) is 5.14. The van der Waals surface area contributed by atoms with Gasteiger partial charge < -0.3 is 19.4 Å². The Kier molecular flexibility index (Phi) is 7.19. The lowest BCUT2D eigenvalue weighted by atomic mass is 9.86. The number of para-hydroxylation sites is 2. The summed E-state index contributed by atoms with van der Waals surface area (Å²) >= 11 is 1.39. The minimum Gasteiger partial charge on any atom is -0.493 e. The molecule has 1 N–H and O–H groups in total. The van der Waals surface area contributed by atoms with E-state index in [1.165, 1.54) is 31.0 Å². The fraction of sp³-hybridized carbons (Fsp3) is 0.550. The van der Waals surface area contributed by atoms with Crippen LogP contribution in [0.4, 0.5) is 0 Å². The Bertz CT molecular complexity index is 796. The largest absolute Gasteiger partial charge is 0.493 e. The van der Waals surface area contributed by atoms with E-state index in [1.807, 2.05) is 35.9 Å². The number of thioether (sulfide) groups is 1. The first-order valence-electron chi connectivity index (χ1n) is 9.64. The molecule has 1 aromatic carbocycles. The number of carbonyl (C=O) groups is 1. The maximum absolute atomic E-state index is 12.3. The maximum atomic E-state index is 12.3. The van der Waals surface area contributed by atoms with Crippen LogP contribution in [0.3, 0.4) is 0 Å². The van der Waals surface area contributed by atoms with Crippen molar-refractivity contribution in [3.05, 3.63) is 30.1 Å². The van der Waals surface area contributed by atoms with Crippen LogP contribution >= 0.6 is 11.8 Å². The van der Waals surface area contributed by atoms with E-state index in [2.05, 4.69) is 22.4 Å².